The highest BCUT2D eigenvalue weighted by Gasteiger charge is 2.07. The van der Waals surface area contributed by atoms with Gasteiger partial charge in [-0.1, -0.05) is 22.0 Å². The first-order valence-corrected chi connectivity index (χ1v) is 6.31. The molecule has 76 valence electrons. The van der Waals surface area contributed by atoms with Crippen LogP contribution in [-0.2, 0) is 0 Å². The van der Waals surface area contributed by atoms with Crippen LogP contribution in [0.5, 0.6) is 5.75 Å². The zero-order valence-corrected chi connectivity index (χ0v) is 11.5. The predicted octanol–water partition coefficient (Wildman–Crippen LogP) is 3.27. The fourth-order valence-corrected chi connectivity index (χ4v) is 1.98. The summed E-state index contributed by atoms with van der Waals surface area (Å²) in [5, 5.41) is 0.695. The smallest absolute Gasteiger partial charge is 0.163 e. The topological polar surface area (TPSA) is 26.3 Å². The van der Waals surface area contributed by atoms with Gasteiger partial charge in [0.2, 0.25) is 0 Å². The molecule has 0 spiro atoms. The van der Waals surface area contributed by atoms with Gasteiger partial charge in [0.15, 0.2) is 5.78 Å². The highest BCUT2D eigenvalue weighted by Crippen LogP contribution is 2.22. The lowest BCUT2D eigenvalue weighted by Gasteiger charge is -2.05. The van der Waals surface area contributed by atoms with Gasteiger partial charge in [0.1, 0.15) is 5.75 Å². The molecule has 0 saturated carbocycles. The second-order valence-corrected chi connectivity index (χ2v) is 4.67. The van der Waals surface area contributed by atoms with Crippen molar-refractivity contribution >= 4 is 44.3 Å². The number of rotatable bonds is 4. The van der Waals surface area contributed by atoms with Gasteiger partial charge in [-0.3, -0.25) is 4.79 Å². The van der Waals surface area contributed by atoms with Crippen molar-refractivity contribution in [3.05, 3.63) is 27.3 Å². The number of methoxy groups -OCH3 is 1. The van der Waals surface area contributed by atoms with Crippen molar-refractivity contribution in [2.45, 2.75) is 6.42 Å². The third-order valence-corrected chi connectivity index (χ3v) is 3.08. The van der Waals surface area contributed by atoms with E-state index in [1.807, 2.05) is 12.1 Å². The fraction of sp³-hybridized carbons (Fsp3) is 0.300. The molecular weight excluding hydrogens is 359 g/mol. The van der Waals surface area contributed by atoms with Gasteiger partial charge in [0.05, 0.1) is 10.7 Å². The van der Waals surface area contributed by atoms with Crippen LogP contribution >= 0.6 is 38.5 Å². The second-order valence-electron chi connectivity index (χ2n) is 2.71. The molecule has 2 nitrogen and oxygen atoms in total. The summed E-state index contributed by atoms with van der Waals surface area (Å²) in [5.74, 6) is 0.891. The van der Waals surface area contributed by atoms with Gasteiger partial charge in [-0.05, 0) is 34.7 Å². The van der Waals surface area contributed by atoms with Crippen molar-refractivity contribution in [2.24, 2.45) is 0 Å². The summed E-state index contributed by atoms with van der Waals surface area (Å²) in [5.41, 5.74) is 0.710. The Hall–Kier alpha value is -0.100. The number of hydrogen-bond donors (Lipinski definition) is 0. The molecule has 14 heavy (non-hydrogen) atoms. The Bertz CT molecular complexity index is 339. The van der Waals surface area contributed by atoms with Crippen molar-refractivity contribution in [2.75, 3.05) is 12.4 Å². The van der Waals surface area contributed by atoms with E-state index < -0.39 is 0 Å². The first-order valence-electron chi connectivity index (χ1n) is 4.11. The van der Waals surface area contributed by atoms with Crippen LogP contribution in [-0.4, -0.2) is 18.2 Å². The van der Waals surface area contributed by atoms with Crippen LogP contribution in [0.1, 0.15) is 16.8 Å². The van der Waals surface area contributed by atoms with Crippen molar-refractivity contribution in [1.29, 1.82) is 0 Å². The maximum Gasteiger partial charge on any atom is 0.163 e. The molecule has 0 unspecified atom stereocenters. The standard InChI is InChI=1S/C10H10BrIO2/c1-14-10-6-7(2-3-8(10)12)9(13)4-5-11/h2-3,6H,4-5H2,1H3. The molecule has 0 aliphatic rings. The number of Topliss-reactive ketones (excluding diaryl/α,β-unsaturated/α-hetero) is 1. The Morgan fingerprint density at radius 1 is 1.57 bits per heavy atom. The van der Waals surface area contributed by atoms with Gasteiger partial charge in [0, 0.05) is 17.3 Å². The largest absolute Gasteiger partial charge is 0.496 e. The monoisotopic (exact) mass is 368 g/mol. The van der Waals surface area contributed by atoms with Gasteiger partial charge in [-0.25, -0.2) is 0 Å². The Labute approximate surface area is 105 Å². The zero-order chi connectivity index (χ0) is 10.6. The van der Waals surface area contributed by atoms with Gasteiger partial charge < -0.3 is 4.74 Å². The van der Waals surface area contributed by atoms with Crippen LogP contribution in [0.2, 0.25) is 0 Å². The molecule has 1 rings (SSSR count). The molecule has 0 bridgehead atoms. The third-order valence-electron chi connectivity index (χ3n) is 1.79. The molecule has 0 radical (unpaired) electrons. The number of carbonyl (C=O) groups is 1. The first kappa shape index (κ1) is 12.0. The molecule has 0 heterocycles. The van der Waals surface area contributed by atoms with E-state index in [2.05, 4.69) is 38.5 Å². The van der Waals surface area contributed by atoms with Crippen molar-refractivity contribution in [3.63, 3.8) is 0 Å². The number of carbonyl (C=O) groups excluding carboxylic acids is 1. The predicted molar refractivity (Wildman–Crippen MR) is 68.5 cm³/mol. The maximum absolute atomic E-state index is 11.5. The summed E-state index contributed by atoms with van der Waals surface area (Å²) in [6.07, 6.45) is 0.518. The maximum atomic E-state index is 11.5. The molecule has 4 heteroatoms. The molecule has 1 aromatic carbocycles. The summed E-state index contributed by atoms with van der Waals surface area (Å²) in [4.78, 5) is 11.5. The molecule has 0 N–H and O–H groups in total. The molecule has 0 amide bonds. The lowest BCUT2D eigenvalue weighted by Crippen LogP contribution is -2.00. The van der Waals surface area contributed by atoms with E-state index in [0.717, 1.165) is 9.32 Å². The minimum absolute atomic E-state index is 0.136. The van der Waals surface area contributed by atoms with Gasteiger partial charge >= 0.3 is 0 Å². The van der Waals surface area contributed by atoms with Crippen LogP contribution in [0.4, 0.5) is 0 Å². The van der Waals surface area contributed by atoms with Crippen LogP contribution in [0, 0.1) is 3.57 Å². The van der Waals surface area contributed by atoms with Gasteiger partial charge in [-0.2, -0.15) is 0 Å². The number of hydrogen-bond acceptors (Lipinski definition) is 2. The van der Waals surface area contributed by atoms with E-state index in [-0.39, 0.29) is 5.78 Å². The normalized spacial score (nSPS) is 9.93. The number of halogens is 2. The van der Waals surface area contributed by atoms with Crippen LogP contribution in [0.15, 0.2) is 18.2 Å². The number of ketones is 1. The Morgan fingerprint density at radius 2 is 2.29 bits per heavy atom. The molecule has 0 aromatic heterocycles. The Kier molecular flexibility index (Phi) is 4.88. The van der Waals surface area contributed by atoms with Crippen molar-refractivity contribution in [3.8, 4) is 5.75 Å². The van der Waals surface area contributed by atoms with E-state index in [1.54, 1.807) is 13.2 Å². The third kappa shape index (κ3) is 2.95. The molecular formula is C10H10BrIO2. The fourth-order valence-electron chi connectivity index (χ4n) is 1.06. The van der Waals surface area contributed by atoms with E-state index in [0.29, 0.717) is 17.3 Å². The van der Waals surface area contributed by atoms with E-state index in [9.17, 15) is 4.79 Å². The van der Waals surface area contributed by atoms with E-state index >= 15 is 0 Å². The summed E-state index contributed by atoms with van der Waals surface area (Å²) in [6.45, 7) is 0. The van der Waals surface area contributed by atoms with Gasteiger partial charge in [0.25, 0.3) is 0 Å². The van der Waals surface area contributed by atoms with E-state index in [1.165, 1.54) is 0 Å². The number of alkyl halides is 1. The molecule has 0 atom stereocenters. The van der Waals surface area contributed by atoms with Crippen LogP contribution < -0.4 is 4.74 Å². The quantitative estimate of drug-likeness (QED) is 0.463. The highest BCUT2D eigenvalue weighted by atomic mass is 127. The van der Waals surface area contributed by atoms with Crippen LogP contribution in [0.25, 0.3) is 0 Å². The first-order chi connectivity index (χ1) is 6.69. The Morgan fingerprint density at radius 3 is 2.86 bits per heavy atom. The second kappa shape index (κ2) is 5.70. The molecule has 0 aliphatic heterocycles. The zero-order valence-electron chi connectivity index (χ0n) is 7.72. The minimum Gasteiger partial charge on any atom is -0.496 e. The molecule has 1 aromatic rings. The lowest BCUT2D eigenvalue weighted by atomic mass is 10.1. The molecule has 0 saturated heterocycles. The van der Waals surface area contributed by atoms with Crippen molar-refractivity contribution in [1.82, 2.24) is 0 Å². The summed E-state index contributed by atoms with van der Waals surface area (Å²) >= 11 is 5.42. The van der Waals surface area contributed by atoms with Crippen LogP contribution in [0.3, 0.4) is 0 Å². The summed E-state index contributed by atoms with van der Waals surface area (Å²) in [7, 11) is 1.61. The number of benzene rings is 1. The number of ether oxygens (including phenoxy) is 1. The van der Waals surface area contributed by atoms with Crippen molar-refractivity contribution < 1.29 is 9.53 Å². The summed E-state index contributed by atoms with van der Waals surface area (Å²) < 4.78 is 6.16. The molecule has 0 fully saturated rings. The average Bonchev–Trinajstić information content (AvgIpc) is 2.19. The lowest BCUT2D eigenvalue weighted by molar-refractivity contribution is 0.0989. The molecule has 0 aliphatic carbocycles. The van der Waals surface area contributed by atoms with Gasteiger partial charge in [-0.15, -0.1) is 0 Å². The van der Waals surface area contributed by atoms with E-state index in [4.69, 9.17) is 4.74 Å². The highest BCUT2D eigenvalue weighted by molar-refractivity contribution is 14.1. The minimum atomic E-state index is 0.136. The SMILES string of the molecule is COc1cc(C(=O)CCBr)ccc1I. The summed E-state index contributed by atoms with van der Waals surface area (Å²) in [6, 6.07) is 5.50. The Balaban J connectivity index is 2.94. The average molecular weight is 369 g/mol.